The van der Waals surface area contributed by atoms with Gasteiger partial charge in [-0.25, -0.2) is 4.99 Å². The van der Waals surface area contributed by atoms with Gasteiger partial charge in [-0.1, -0.05) is 95.2 Å². The third-order valence-corrected chi connectivity index (χ3v) is 8.75. The third kappa shape index (κ3) is 18.6. The van der Waals surface area contributed by atoms with Gasteiger partial charge < -0.3 is 9.84 Å². The summed E-state index contributed by atoms with van der Waals surface area (Å²) in [6, 6.07) is 23.9. The number of phenolic OH excluding ortho intramolecular Hbond substituents is 1. The number of benzene rings is 1. The van der Waals surface area contributed by atoms with Crippen molar-refractivity contribution in [2.45, 2.75) is 105 Å². The standard InChI is InChI=1S/2C18H24N2.C9H9NO2.F6P.Ru/c2*1-17(2,3)13-7-9-19-15(11-13)16-12-14(8-10-20-16)18(4,5)6;11-8-4-2-1-3-7(8)9-10-5-6-12-9;1-7(2,3,4,5)6;/h2*7-12H,1-6H3;1-4,11H,5-6H2;;/q;;;-1;+1. The molecule has 1 N–H and O–H groups in total. The van der Waals surface area contributed by atoms with Crippen LogP contribution in [0.5, 0.6) is 5.75 Å². The fourth-order valence-corrected chi connectivity index (χ4v) is 5.30. The van der Waals surface area contributed by atoms with Crippen molar-refractivity contribution in [1.29, 1.82) is 0 Å². The van der Waals surface area contributed by atoms with Crippen molar-refractivity contribution in [3.05, 3.63) is 125 Å². The molecule has 0 saturated carbocycles. The molecule has 0 spiro atoms. The zero-order chi connectivity index (χ0) is 44.7. The Bertz CT molecular complexity index is 1990. The van der Waals surface area contributed by atoms with Gasteiger partial charge in [0, 0.05) is 24.8 Å². The SMILES string of the molecule is CC(C)(C)c1ccnc(-c2cc(C(C)(C)C)ccn2)c1.CC(C)(C)c1ccnc(-c2cc(C(C)(C)C)ccn2)c1.F[P-](F)(F)(F)(F)F.Oc1ccccc1C1=NCCO1.[Ru+]. The first-order chi connectivity index (χ1) is 26.7. The van der Waals surface area contributed by atoms with E-state index in [-0.39, 0.29) is 46.9 Å². The second kappa shape index (κ2) is 18.8. The summed E-state index contributed by atoms with van der Waals surface area (Å²) in [4.78, 5) is 22.0. The minimum absolute atomic E-state index is 0. The molecule has 1 aromatic carbocycles. The average molecular weight is 946 g/mol. The van der Waals surface area contributed by atoms with E-state index in [4.69, 9.17) is 4.74 Å². The summed E-state index contributed by atoms with van der Waals surface area (Å²) in [5, 5.41) is 9.41. The molecule has 1 radical (unpaired) electrons. The number of ether oxygens (including phenoxy) is 1. The third-order valence-electron chi connectivity index (χ3n) is 8.75. The summed E-state index contributed by atoms with van der Waals surface area (Å²) < 4.78 is 64.4. The van der Waals surface area contributed by atoms with Gasteiger partial charge in [-0.2, -0.15) is 0 Å². The number of nitrogens with zero attached hydrogens (tertiary/aromatic N) is 5. The molecule has 0 aliphatic carbocycles. The first kappa shape index (κ1) is 51.9. The molecule has 0 bridgehead atoms. The molecule has 15 heteroatoms. The molecule has 1 aliphatic rings. The maximum absolute atomic E-state index is 10.7. The van der Waals surface area contributed by atoms with Crippen molar-refractivity contribution >= 4 is 13.7 Å². The van der Waals surface area contributed by atoms with Gasteiger partial charge in [0.2, 0.25) is 5.90 Å². The van der Waals surface area contributed by atoms with Crippen molar-refractivity contribution in [3.63, 3.8) is 0 Å². The van der Waals surface area contributed by atoms with Gasteiger partial charge in [0.25, 0.3) is 0 Å². The maximum Gasteiger partial charge on any atom is 1.00 e. The summed E-state index contributed by atoms with van der Waals surface area (Å²) in [5.41, 5.74) is 10.1. The number of aromatic nitrogens is 4. The van der Waals surface area contributed by atoms with Crippen LogP contribution < -0.4 is 0 Å². The second-order valence-electron chi connectivity index (χ2n) is 18.2. The van der Waals surface area contributed by atoms with E-state index < -0.39 is 7.81 Å². The van der Waals surface area contributed by atoms with Gasteiger partial charge in [-0.05, 0) is 105 Å². The van der Waals surface area contributed by atoms with E-state index in [0.717, 1.165) is 22.8 Å². The van der Waals surface area contributed by atoms with E-state index in [0.29, 0.717) is 24.6 Å². The molecule has 60 heavy (non-hydrogen) atoms. The Hall–Kier alpha value is -4.28. The molecule has 5 heterocycles. The van der Waals surface area contributed by atoms with E-state index in [1.165, 1.54) is 22.3 Å². The molecule has 329 valence electrons. The number of halogens is 6. The summed E-state index contributed by atoms with van der Waals surface area (Å²) >= 11 is 0. The van der Waals surface area contributed by atoms with E-state index in [9.17, 15) is 30.3 Å². The first-order valence-corrected chi connectivity index (χ1v) is 21.1. The molecule has 4 aromatic heterocycles. The minimum Gasteiger partial charge on any atom is -0.507 e. The van der Waals surface area contributed by atoms with Crippen LogP contribution in [0.1, 0.15) is 111 Å². The van der Waals surface area contributed by atoms with Crippen molar-refractivity contribution < 1.29 is 54.5 Å². The first-order valence-electron chi connectivity index (χ1n) is 19.1. The van der Waals surface area contributed by atoms with Crippen molar-refractivity contribution in [2.75, 3.05) is 13.2 Å². The molecule has 0 unspecified atom stereocenters. The second-order valence-corrected chi connectivity index (χ2v) is 20.1. The molecule has 0 fully saturated rings. The minimum atomic E-state index is -10.7. The fourth-order valence-electron chi connectivity index (χ4n) is 5.30. The van der Waals surface area contributed by atoms with E-state index >= 15 is 0 Å². The van der Waals surface area contributed by atoms with Crippen molar-refractivity contribution in [3.8, 4) is 28.5 Å². The Labute approximate surface area is 363 Å². The van der Waals surface area contributed by atoms with Gasteiger partial charge in [-0.3, -0.25) is 19.9 Å². The number of para-hydroxylation sites is 1. The number of hydrogen-bond donors (Lipinski definition) is 1. The van der Waals surface area contributed by atoms with Gasteiger partial charge in [-0.15, -0.1) is 0 Å². The Balaban J connectivity index is 0.000000292. The fraction of sp³-hybridized carbons (Fsp3) is 0.400. The Morgan fingerprint density at radius 1 is 0.500 bits per heavy atom. The molecule has 5 aromatic rings. The Morgan fingerprint density at radius 2 is 0.783 bits per heavy atom. The maximum atomic E-state index is 9.87. The van der Waals surface area contributed by atoms with Crippen LogP contribution in [0.4, 0.5) is 25.2 Å². The largest absolute Gasteiger partial charge is 1.00 e. The normalized spacial score (nSPS) is 14.1. The smallest absolute Gasteiger partial charge is 0.507 e. The quantitative estimate of drug-likeness (QED) is 0.110. The summed E-state index contributed by atoms with van der Waals surface area (Å²) in [5.74, 6) is 0.770. The molecule has 1 aliphatic heterocycles. The van der Waals surface area contributed by atoms with E-state index in [2.05, 4.69) is 157 Å². The van der Waals surface area contributed by atoms with Gasteiger partial charge in [0.1, 0.15) is 12.4 Å². The number of aliphatic imine (C=N–C) groups is 1. The van der Waals surface area contributed by atoms with Crippen LogP contribution in [-0.2, 0) is 45.9 Å². The van der Waals surface area contributed by atoms with Gasteiger partial charge >= 0.3 is 52.5 Å². The van der Waals surface area contributed by atoms with Crippen LogP contribution >= 0.6 is 7.81 Å². The summed E-state index contributed by atoms with van der Waals surface area (Å²) in [6.45, 7) is 27.9. The van der Waals surface area contributed by atoms with Crippen LogP contribution in [-0.4, -0.2) is 44.1 Å². The van der Waals surface area contributed by atoms with Gasteiger partial charge in [0.15, 0.2) is 0 Å². The molecule has 6 rings (SSSR count). The Morgan fingerprint density at radius 3 is 1.02 bits per heavy atom. The van der Waals surface area contributed by atoms with Crippen molar-refractivity contribution in [1.82, 2.24) is 19.9 Å². The molecule has 0 amide bonds. The molecule has 7 nitrogen and oxygen atoms in total. The predicted octanol–water partition coefficient (Wildman–Crippen LogP) is 14.0. The molecular formula is C45H57F6N5O2PRu. The van der Waals surface area contributed by atoms with Crippen LogP contribution in [0.15, 0.2) is 103 Å². The van der Waals surface area contributed by atoms with Crippen LogP contribution in [0.3, 0.4) is 0 Å². The monoisotopic (exact) mass is 946 g/mol. The molecule has 0 atom stereocenters. The summed E-state index contributed by atoms with van der Waals surface area (Å²) in [7, 11) is -10.7. The van der Waals surface area contributed by atoms with Crippen molar-refractivity contribution in [2.24, 2.45) is 4.99 Å². The molecular weight excluding hydrogens is 889 g/mol. The summed E-state index contributed by atoms with van der Waals surface area (Å²) in [6.07, 6.45) is 7.51. The zero-order valence-electron chi connectivity index (χ0n) is 36.3. The average Bonchev–Trinajstić information content (AvgIpc) is 3.65. The molecule has 0 saturated heterocycles. The number of hydrogen-bond acceptors (Lipinski definition) is 7. The van der Waals surface area contributed by atoms with Gasteiger partial charge in [0.05, 0.1) is 34.9 Å². The topological polar surface area (TPSA) is 93.4 Å². The number of phenols is 1. The van der Waals surface area contributed by atoms with E-state index in [1.807, 2.05) is 30.9 Å². The number of rotatable bonds is 3. The van der Waals surface area contributed by atoms with Crippen LogP contribution in [0.25, 0.3) is 22.8 Å². The number of pyridine rings is 4. The van der Waals surface area contributed by atoms with Crippen LogP contribution in [0, 0.1) is 0 Å². The zero-order valence-corrected chi connectivity index (χ0v) is 38.9. The Kier molecular flexibility index (Phi) is 16.2. The number of aromatic hydroxyl groups is 1. The predicted molar refractivity (Wildman–Crippen MR) is 229 cm³/mol. The van der Waals surface area contributed by atoms with Crippen LogP contribution in [0.2, 0.25) is 0 Å². The van der Waals surface area contributed by atoms with E-state index in [1.54, 1.807) is 18.2 Å².